The summed E-state index contributed by atoms with van der Waals surface area (Å²) in [7, 11) is 2.13. The zero-order chi connectivity index (χ0) is 29.1. The van der Waals surface area contributed by atoms with Crippen LogP contribution in [0.1, 0.15) is 5.56 Å². The Balaban J connectivity index is 1.26. The minimum Gasteiger partial charge on any atom is -0.490 e. The van der Waals surface area contributed by atoms with Gasteiger partial charge in [0.2, 0.25) is 0 Å². The third kappa shape index (κ3) is 6.37. The highest BCUT2D eigenvalue weighted by Gasteiger charge is 2.30. The van der Waals surface area contributed by atoms with E-state index in [4.69, 9.17) is 4.74 Å². The zero-order valence-electron chi connectivity index (χ0n) is 23.0. The van der Waals surface area contributed by atoms with Gasteiger partial charge in [-0.2, -0.15) is 13.2 Å². The Labute approximate surface area is 241 Å². The van der Waals surface area contributed by atoms with Gasteiger partial charge in [-0.3, -0.25) is 14.9 Å². The van der Waals surface area contributed by atoms with E-state index in [2.05, 4.69) is 42.1 Å². The van der Waals surface area contributed by atoms with Gasteiger partial charge in [-0.25, -0.2) is 4.98 Å². The lowest BCUT2D eigenvalue weighted by atomic mass is 10.1. The van der Waals surface area contributed by atoms with Crippen LogP contribution in [0.15, 0.2) is 79.3 Å². The summed E-state index contributed by atoms with van der Waals surface area (Å²) in [5.74, 6) is 1.13. The summed E-state index contributed by atoms with van der Waals surface area (Å²) in [5.41, 5.74) is 4.04. The number of hydrogen-bond acceptors (Lipinski definition) is 7. The quantitative estimate of drug-likeness (QED) is 0.233. The topological polar surface area (TPSA) is 82.2 Å². The minimum absolute atomic E-state index is 0.321. The molecule has 42 heavy (non-hydrogen) atoms. The number of likely N-dealkylation sites (N-methyl/N-ethyl adjacent to an activating group) is 1. The third-order valence-corrected chi connectivity index (χ3v) is 7.35. The highest BCUT2D eigenvalue weighted by Crippen LogP contribution is 2.35. The number of hydrogen-bond donors (Lipinski definition) is 2. The standard InChI is InChI=1S/C31H30F3N7O/c1-40-12-14-41(15-13-40)16-17-42-29-9-4-22(30-38-25-8-5-23(31(32,33)34)19-26(25)39-30)18-27(29)37-24-6-2-21(3-7-24)28-20-35-10-11-36-28/h2-11,18-20,37H,12-17H2,1H3,(H,38,39). The van der Waals surface area contributed by atoms with Crippen LogP contribution in [0.5, 0.6) is 5.75 Å². The molecule has 0 radical (unpaired) electrons. The van der Waals surface area contributed by atoms with Crippen LogP contribution in [-0.2, 0) is 6.18 Å². The fourth-order valence-corrected chi connectivity index (χ4v) is 4.91. The summed E-state index contributed by atoms with van der Waals surface area (Å²) < 4.78 is 46.0. The predicted molar refractivity (Wildman–Crippen MR) is 157 cm³/mol. The van der Waals surface area contributed by atoms with Crippen molar-refractivity contribution in [3.8, 4) is 28.4 Å². The Bertz CT molecular complexity index is 1650. The highest BCUT2D eigenvalue weighted by atomic mass is 19.4. The normalized spacial score (nSPS) is 14.8. The lowest BCUT2D eigenvalue weighted by Gasteiger charge is -2.32. The molecule has 0 aliphatic carbocycles. The molecule has 1 saturated heterocycles. The minimum atomic E-state index is -4.43. The van der Waals surface area contributed by atoms with Crippen LogP contribution in [0.4, 0.5) is 24.5 Å². The van der Waals surface area contributed by atoms with Crippen molar-refractivity contribution in [3.63, 3.8) is 0 Å². The maximum Gasteiger partial charge on any atom is 0.416 e. The smallest absolute Gasteiger partial charge is 0.416 e. The number of imidazole rings is 1. The first-order valence-corrected chi connectivity index (χ1v) is 13.7. The van der Waals surface area contributed by atoms with Gasteiger partial charge in [0.15, 0.2) is 0 Å². The van der Waals surface area contributed by atoms with Crippen LogP contribution < -0.4 is 10.1 Å². The molecule has 1 aliphatic rings. The van der Waals surface area contributed by atoms with E-state index in [9.17, 15) is 13.2 Å². The molecular weight excluding hydrogens is 543 g/mol. The van der Waals surface area contributed by atoms with E-state index < -0.39 is 11.7 Å². The van der Waals surface area contributed by atoms with E-state index in [0.717, 1.165) is 67.5 Å². The van der Waals surface area contributed by atoms with Gasteiger partial charge in [-0.05, 0) is 55.6 Å². The summed E-state index contributed by atoms with van der Waals surface area (Å²) in [4.78, 5) is 20.8. The molecule has 1 aliphatic heterocycles. The number of piperazine rings is 1. The first-order chi connectivity index (χ1) is 20.3. The first kappa shape index (κ1) is 27.7. The number of anilines is 2. The second-order valence-electron chi connectivity index (χ2n) is 10.3. The van der Waals surface area contributed by atoms with Gasteiger partial charge < -0.3 is 19.9 Å². The van der Waals surface area contributed by atoms with E-state index in [1.165, 1.54) is 6.07 Å². The molecule has 0 spiro atoms. The fourth-order valence-electron chi connectivity index (χ4n) is 4.91. The van der Waals surface area contributed by atoms with Gasteiger partial charge in [0.25, 0.3) is 0 Å². The van der Waals surface area contributed by atoms with Crippen molar-refractivity contribution in [2.45, 2.75) is 6.18 Å². The monoisotopic (exact) mass is 573 g/mol. The summed E-state index contributed by atoms with van der Waals surface area (Å²) in [6.45, 7) is 5.41. The van der Waals surface area contributed by atoms with E-state index in [0.29, 0.717) is 34.8 Å². The van der Waals surface area contributed by atoms with Crippen molar-refractivity contribution in [1.82, 2.24) is 29.7 Å². The molecule has 3 aromatic carbocycles. The largest absolute Gasteiger partial charge is 0.490 e. The number of H-pyrrole nitrogens is 1. The molecule has 216 valence electrons. The van der Waals surface area contributed by atoms with Gasteiger partial charge >= 0.3 is 6.18 Å². The van der Waals surface area contributed by atoms with Gasteiger partial charge in [-0.1, -0.05) is 12.1 Å². The molecule has 1 fully saturated rings. The number of rotatable bonds is 8. The van der Waals surface area contributed by atoms with Crippen LogP contribution in [0.3, 0.4) is 0 Å². The molecule has 0 saturated carbocycles. The maximum absolute atomic E-state index is 13.2. The second kappa shape index (κ2) is 11.8. The molecule has 5 aromatic rings. The number of ether oxygens (including phenoxy) is 1. The maximum atomic E-state index is 13.2. The number of benzene rings is 3. The number of fused-ring (bicyclic) bond motifs is 1. The Morgan fingerprint density at radius 2 is 1.71 bits per heavy atom. The van der Waals surface area contributed by atoms with Crippen LogP contribution in [0.2, 0.25) is 0 Å². The summed E-state index contributed by atoms with van der Waals surface area (Å²) in [6.07, 6.45) is 0.571. The van der Waals surface area contributed by atoms with Crippen molar-refractivity contribution < 1.29 is 17.9 Å². The molecule has 8 nitrogen and oxygen atoms in total. The lowest BCUT2D eigenvalue weighted by Crippen LogP contribution is -2.45. The number of halogens is 3. The molecule has 6 rings (SSSR count). The van der Waals surface area contributed by atoms with Crippen molar-refractivity contribution in [2.75, 3.05) is 51.7 Å². The Kier molecular flexibility index (Phi) is 7.77. The second-order valence-corrected chi connectivity index (χ2v) is 10.3. The SMILES string of the molecule is CN1CCN(CCOc2ccc(-c3nc4ccc(C(F)(F)F)cc4[nH]3)cc2Nc2ccc(-c3cnccn3)cc2)CC1. The fraction of sp³-hybridized carbons (Fsp3) is 0.258. The molecule has 0 unspecified atom stereocenters. The predicted octanol–water partition coefficient (Wildman–Crippen LogP) is 6.08. The van der Waals surface area contributed by atoms with Crippen LogP contribution in [-0.4, -0.2) is 76.1 Å². The molecule has 0 atom stereocenters. The van der Waals surface area contributed by atoms with Crippen molar-refractivity contribution in [2.24, 2.45) is 0 Å². The van der Waals surface area contributed by atoms with E-state index in [1.54, 1.807) is 18.6 Å². The average Bonchev–Trinajstić information content (AvgIpc) is 3.43. The van der Waals surface area contributed by atoms with E-state index >= 15 is 0 Å². The van der Waals surface area contributed by atoms with Crippen LogP contribution in [0.25, 0.3) is 33.7 Å². The molecule has 11 heteroatoms. The lowest BCUT2D eigenvalue weighted by molar-refractivity contribution is -0.137. The van der Waals surface area contributed by atoms with Crippen molar-refractivity contribution in [1.29, 1.82) is 0 Å². The van der Waals surface area contributed by atoms with Crippen LogP contribution in [0, 0.1) is 0 Å². The molecule has 0 bridgehead atoms. The summed E-state index contributed by atoms with van der Waals surface area (Å²) in [5, 5.41) is 3.45. The van der Waals surface area contributed by atoms with Crippen LogP contribution >= 0.6 is 0 Å². The van der Waals surface area contributed by atoms with Gasteiger partial charge in [0.05, 0.1) is 34.2 Å². The summed E-state index contributed by atoms with van der Waals surface area (Å²) in [6, 6.07) is 16.9. The number of aromatic amines is 1. The molecule has 0 amide bonds. The Morgan fingerprint density at radius 3 is 2.45 bits per heavy atom. The average molecular weight is 574 g/mol. The summed E-state index contributed by atoms with van der Waals surface area (Å²) >= 11 is 0. The molecule has 3 heterocycles. The Hall–Kier alpha value is -4.48. The van der Waals surface area contributed by atoms with Crippen molar-refractivity contribution in [3.05, 3.63) is 84.8 Å². The number of alkyl halides is 3. The molecule has 2 aromatic heterocycles. The highest BCUT2D eigenvalue weighted by molar-refractivity contribution is 5.82. The molecular formula is C31H30F3N7O. The van der Waals surface area contributed by atoms with E-state index in [1.807, 2.05) is 42.5 Å². The first-order valence-electron chi connectivity index (χ1n) is 13.7. The van der Waals surface area contributed by atoms with E-state index in [-0.39, 0.29) is 0 Å². The number of nitrogens with zero attached hydrogens (tertiary/aromatic N) is 5. The van der Waals surface area contributed by atoms with Gasteiger partial charge in [0.1, 0.15) is 18.2 Å². The zero-order valence-corrected chi connectivity index (χ0v) is 23.0. The number of nitrogens with one attached hydrogen (secondary N) is 2. The Morgan fingerprint density at radius 1 is 0.929 bits per heavy atom. The third-order valence-electron chi connectivity index (χ3n) is 7.35. The van der Waals surface area contributed by atoms with Gasteiger partial charge in [-0.15, -0.1) is 0 Å². The van der Waals surface area contributed by atoms with Gasteiger partial charge in [0, 0.05) is 61.9 Å². The number of aromatic nitrogens is 4. The molecule has 2 N–H and O–H groups in total. The van der Waals surface area contributed by atoms with Crippen molar-refractivity contribution >= 4 is 22.4 Å².